The lowest BCUT2D eigenvalue weighted by Gasteiger charge is -2.38. The van der Waals surface area contributed by atoms with Gasteiger partial charge in [0.15, 0.2) is 9.84 Å². The van der Waals surface area contributed by atoms with Crippen LogP contribution in [0.4, 0.5) is 5.69 Å². The molecular formula is C27H39N5O3S. The fourth-order valence-corrected chi connectivity index (χ4v) is 7.88. The molecule has 3 aliphatic heterocycles. The number of sulfone groups is 1. The summed E-state index contributed by atoms with van der Waals surface area (Å²) in [5.74, 6) is 1.36. The number of carbonyl (C=O) groups excluding carboxylic acids is 1. The summed E-state index contributed by atoms with van der Waals surface area (Å²) in [7, 11) is -2.95. The van der Waals surface area contributed by atoms with Crippen LogP contribution in [-0.2, 0) is 21.1 Å². The number of nitrogens with zero attached hydrogens (tertiary/aromatic N) is 5. The van der Waals surface area contributed by atoms with Gasteiger partial charge in [-0.25, -0.2) is 8.42 Å². The van der Waals surface area contributed by atoms with E-state index in [0.717, 1.165) is 75.6 Å². The highest BCUT2D eigenvalue weighted by molar-refractivity contribution is 7.91. The Morgan fingerprint density at radius 1 is 0.972 bits per heavy atom. The van der Waals surface area contributed by atoms with Crippen molar-refractivity contribution in [3.8, 4) is 0 Å². The largest absolute Gasteiger partial charge is 0.366 e. The molecule has 0 bridgehead atoms. The van der Waals surface area contributed by atoms with Gasteiger partial charge >= 0.3 is 0 Å². The van der Waals surface area contributed by atoms with E-state index in [4.69, 9.17) is 5.10 Å². The first-order valence-corrected chi connectivity index (χ1v) is 15.2. The molecule has 8 nitrogen and oxygen atoms in total. The molecule has 1 aromatic carbocycles. The molecule has 1 amide bonds. The second-order valence-corrected chi connectivity index (χ2v) is 13.0. The van der Waals surface area contributed by atoms with Crippen LogP contribution in [-0.4, -0.2) is 91.2 Å². The molecule has 3 aliphatic rings. The fourth-order valence-electron chi connectivity index (χ4n) is 6.19. The molecule has 0 radical (unpaired) electrons. The Morgan fingerprint density at radius 3 is 2.31 bits per heavy atom. The zero-order valence-corrected chi connectivity index (χ0v) is 22.4. The van der Waals surface area contributed by atoms with Gasteiger partial charge in [-0.1, -0.05) is 30.3 Å². The first-order valence-electron chi connectivity index (χ1n) is 13.3. The third kappa shape index (κ3) is 5.62. The molecule has 1 aromatic heterocycles. The number of likely N-dealkylation sites (tertiary alicyclic amines) is 1. The first kappa shape index (κ1) is 25.3. The van der Waals surface area contributed by atoms with Gasteiger partial charge in [0, 0.05) is 39.3 Å². The van der Waals surface area contributed by atoms with E-state index in [-0.39, 0.29) is 23.5 Å². The molecule has 5 rings (SSSR count). The van der Waals surface area contributed by atoms with Gasteiger partial charge in [0.1, 0.15) is 0 Å². The minimum Gasteiger partial charge on any atom is -0.366 e. The van der Waals surface area contributed by atoms with E-state index in [2.05, 4.69) is 52.0 Å². The SMILES string of the molecule is Cc1nn(C2CCS(=O)(=O)C2)c(C)c1N1CCN(CC(=O)N2CCC(Cc3ccccc3)CC2)CC1. The van der Waals surface area contributed by atoms with Gasteiger partial charge in [-0.2, -0.15) is 5.10 Å². The molecule has 0 N–H and O–H groups in total. The molecule has 3 saturated heterocycles. The lowest BCUT2D eigenvalue weighted by Crippen LogP contribution is -2.51. The van der Waals surface area contributed by atoms with Crippen molar-refractivity contribution in [1.82, 2.24) is 19.6 Å². The number of piperidine rings is 1. The van der Waals surface area contributed by atoms with Crippen molar-refractivity contribution in [2.75, 3.05) is 62.2 Å². The van der Waals surface area contributed by atoms with E-state index in [1.54, 1.807) is 0 Å². The predicted molar refractivity (Wildman–Crippen MR) is 142 cm³/mol. The highest BCUT2D eigenvalue weighted by atomic mass is 32.2. The van der Waals surface area contributed by atoms with Gasteiger partial charge in [0.25, 0.3) is 0 Å². The molecule has 0 spiro atoms. The highest BCUT2D eigenvalue weighted by Gasteiger charge is 2.33. The van der Waals surface area contributed by atoms with Crippen molar-refractivity contribution >= 4 is 21.4 Å². The van der Waals surface area contributed by atoms with E-state index in [9.17, 15) is 13.2 Å². The predicted octanol–water partition coefficient (Wildman–Crippen LogP) is 2.46. The summed E-state index contributed by atoms with van der Waals surface area (Å²) in [5.41, 5.74) is 4.53. The summed E-state index contributed by atoms with van der Waals surface area (Å²) in [4.78, 5) is 19.7. The number of amides is 1. The quantitative estimate of drug-likeness (QED) is 0.591. The number of anilines is 1. The Hall–Kier alpha value is -2.39. The van der Waals surface area contributed by atoms with Gasteiger partial charge < -0.3 is 9.80 Å². The Morgan fingerprint density at radius 2 is 1.67 bits per heavy atom. The number of carbonyl (C=O) groups is 1. The van der Waals surface area contributed by atoms with Gasteiger partial charge in [0.2, 0.25) is 5.91 Å². The summed E-state index contributed by atoms with van der Waals surface area (Å²) >= 11 is 0. The van der Waals surface area contributed by atoms with Crippen LogP contribution in [0.1, 0.15) is 42.3 Å². The second-order valence-electron chi connectivity index (χ2n) is 10.8. The Kier molecular flexibility index (Phi) is 7.40. The Balaban J connectivity index is 1.10. The molecule has 0 saturated carbocycles. The molecule has 4 heterocycles. The van der Waals surface area contributed by atoms with Gasteiger partial charge in [0.05, 0.1) is 41.2 Å². The number of aryl methyl sites for hydroxylation is 1. The maximum absolute atomic E-state index is 13.0. The van der Waals surface area contributed by atoms with Crippen LogP contribution in [0.25, 0.3) is 0 Å². The summed E-state index contributed by atoms with van der Waals surface area (Å²) in [6.07, 6.45) is 3.92. The summed E-state index contributed by atoms with van der Waals surface area (Å²) in [5, 5.41) is 4.73. The summed E-state index contributed by atoms with van der Waals surface area (Å²) in [6.45, 7) is 9.68. The third-order valence-electron chi connectivity index (χ3n) is 8.22. The average molecular weight is 514 g/mol. The Bertz CT molecular complexity index is 1160. The number of hydrogen-bond donors (Lipinski definition) is 0. The smallest absolute Gasteiger partial charge is 0.236 e. The average Bonchev–Trinajstić information content (AvgIpc) is 3.38. The zero-order valence-electron chi connectivity index (χ0n) is 21.6. The van der Waals surface area contributed by atoms with Crippen molar-refractivity contribution in [1.29, 1.82) is 0 Å². The van der Waals surface area contributed by atoms with Crippen molar-refractivity contribution in [2.45, 2.75) is 45.6 Å². The van der Waals surface area contributed by atoms with Crippen LogP contribution in [0.5, 0.6) is 0 Å². The molecule has 3 fully saturated rings. The van der Waals surface area contributed by atoms with Crippen molar-refractivity contribution < 1.29 is 13.2 Å². The van der Waals surface area contributed by atoms with Gasteiger partial charge in [-0.05, 0) is 51.0 Å². The minimum absolute atomic E-state index is 0.0572. The minimum atomic E-state index is -2.95. The maximum atomic E-state index is 13.0. The summed E-state index contributed by atoms with van der Waals surface area (Å²) < 4.78 is 25.9. The third-order valence-corrected chi connectivity index (χ3v) is 9.97. The molecule has 196 valence electrons. The molecule has 9 heteroatoms. The van der Waals surface area contributed by atoms with E-state index in [1.165, 1.54) is 5.56 Å². The molecule has 36 heavy (non-hydrogen) atoms. The summed E-state index contributed by atoms with van der Waals surface area (Å²) in [6, 6.07) is 10.6. The molecule has 1 unspecified atom stereocenters. The topological polar surface area (TPSA) is 78.8 Å². The van der Waals surface area contributed by atoms with Crippen molar-refractivity contribution in [3.05, 3.63) is 47.3 Å². The number of hydrogen-bond acceptors (Lipinski definition) is 6. The number of rotatable bonds is 6. The van der Waals surface area contributed by atoms with E-state index < -0.39 is 9.84 Å². The van der Waals surface area contributed by atoms with Crippen LogP contribution in [0.15, 0.2) is 30.3 Å². The highest BCUT2D eigenvalue weighted by Crippen LogP contribution is 2.31. The van der Waals surface area contributed by atoms with Gasteiger partial charge in [-0.15, -0.1) is 0 Å². The second kappa shape index (κ2) is 10.5. The lowest BCUT2D eigenvalue weighted by atomic mass is 9.90. The van der Waals surface area contributed by atoms with E-state index in [1.807, 2.05) is 11.6 Å². The van der Waals surface area contributed by atoms with Crippen LogP contribution in [0, 0.1) is 19.8 Å². The van der Waals surface area contributed by atoms with Crippen LogP contribution in [0.2, 0.25) is 0 Å². The van der Waals surface area contributed by atoms with Crippen LogP contribution in [0.3, 0.4) is 0 Å². The van der Waals surface area contributed by atoms with Crippen LogP contribution >= 0.6 is 0 Å². The van der Waals surface area contributed by atoms with E-state index in [0.29, 0.717) is 18.9 Å². The fraction of sp³-hybridized carbons (Fsp3) is 0.630. The standard InChI is InChI=1S/C27H39N5O3S/c1-21-27(22(2)32(28-21)25-10-17-36(34,35)20-25)31-15-13-29(14-16-31)19-26(33)30-11-8-24(9-12-30)18-23-6-4-3-5-7-23/h3-7,24-25H,8-20H2,1-2H3. The van der Waals surface area contributed by atoms with Crippen molar-refractivity contribution in [2.24, 2.45) is 5.92 Å². The molecule has 0 aliphatic carbocycles. The number of benzene rings is 1. The molecular weight excluding hydrogens is 474 g/mol. The van der Waals surface area contributed by atoms with Gasteiger partial charge in [-0.3, -0.25) is 14.4 Å². The normalized spacial score (nSPS) is 23.3. The lowest BCUT2D eigenvalue weighted by molar-refractivity contribution is -0.133. The molecule has 1 atom stereocenters. The number of piperazine rings is 1. The van der Waals surface area contributed by atoms with Crippen LogP contribution < -0.4 is 4.90 Å². The number of aromatic nitrogens is 2. The Labute approximate surface area is 215 Å². The molecule has 2 aromatic rings. The maximum Gasteiger partial charge on any atom is 0.236 e. The zero-order chi connectivity index (χ0) is 25.3. The monoisotopic (exact) mass is 513 g/mol. The first-order chi connectivity index (χ1) is 17.3. The van der Waals surface area contributed by atoms with E-state index >= 15 is 0 Å². The van der Waals surface area contributed by atoms with Crippen molar-refractivity contribution in [3.63, 3.8) is 0 Å².